The first-order valence-electron chi connectivity index (χ1n) is 5.71. The molecule has 1 aromatic carbocycles. The van der Waals surface area contributed by atoms with Crippen LogP contribution in [0.1, 0.15) is 26.3 Å². The van der Waals surface area contributed by atoms with Crippen molar-refractivity contribution in [1.29, 1.82) is 0 Å². The minimum atomic E-state index is -4.83. The molecule has 0 heterocycles. The maximum atomic E-state index is 12.0. The molecule has 3 nitrogen and oxygen atoms in total. The van der Waals surface area contributed by atoms with Crippen LogP contribution >= 0.6 is 0 Å². The Balaban J connectivity index is 0.00000154. The molecule has 0 aliphatic carbocycles. The fourth-order valence-corrected chi connectivity index (χ4v) is 1.94. The van der Waals surface area contributed by atoms with Gasteiger partial charge >= 0.3 is 6.36 Å². The lowest BCUT2D eigenvalue weighted by atomic mass is 10.2. The molecule has 0 bridgehead atoms. The van der Waals surface area contributed by atoms with Gasteiger partial charge in [-0.3, -0.25) is 0 Å². The zero-order valence-electron chi connectivity index (χ0n) is 11.2. The van der Waals surface area contributed by atoms with E-state index in [0.29, 0.717) is 12.0 Å². The van der Waals surface area contributed by atoms with Crippen LogP contribution in [-0.4, -0.2) is 21.0 Å². The molecule has 0 spiro atoms. The number of halogens is 3. The molecule has 19 heavy (non-hydrogen) atoms. The molecule has 0 atom stereocenters. The Bertz CT molecular complexity index is 507. The summed E-state index contributed by atoms with van der Waals surface area (Å²) in [5, 5.41) is 0. The lowest BCUT2D eigenvalue weighted by molar-refractivity contribution is -0.274. The van der Waals surface area contributed by atoms with Crippen LogP contribution in [0.2, 0.25) is 0 Å². The number of sulfone groups is 1. The van der Waals surface area contributed by atoms with Crippen molar-refractivity contribution in [3.63, 3.8) is 0 Å². The molecule has 0 unspecified atom stereocenters. The lowest BCUT2D eigenvalue weighted by Crippen LogP contribution is -2.17. The van der Waals surface area contributed by atoms with Gasteiger partial charge in [-0.05, 0) is 30.2 Å². The summed E-state index contributed by atoms with van der Waals surface area (Å²) in [5.41, 5.74) is 0.465. The van der Waals surface area contributed by atoms with E-state index in [2.05, 4.69) is 4.74 Å². The normalized spacial score (nSPS) is 11.5. The van der Waals surface area contributed by atoms with Crippen LogP contribution in [0, 0.1) is 0 Å². The Hall–Kier alpha value is -1.24. The van der Waals surface area contributed by atoms with Crippen LogP contribution in [0.5, 0.6) is 5.75 Å². The quantitative estimate of drug-likeness (QED) is 0.856. The second-order valence-electron chi connectivity index (χ2n) is 3.49. The Morgan fingerprint density at radius 3 is 2.05 bits per heavy atom. The Kier molecular flexibility index (Phi) is 6.35. The van der Waals surface area contributed by atoms with E-state index in [1.54, 1.807) is 6.92 Å². The highest BCUT2D eigenvalue weighted by atomic mass is 32.2. The monoisotopic (exact) mass is 298 g/mol. The summed E-state index contributed by atoms with van der Waals surface area (Å²) in [4.78, 5) is -0.184. The van der Waals surface area contributed by atoms with Gasteiger partial charge in [0.15, 0.2) is 9.84 Å². The number of hydrogen-bond acceptors (Lipinski definition) is 3. The van der Waals surface area contributed by atoms with Gasteiger partial charge in [-0.15, -0.1) is 13.2 Å². The van der Waals surface area contributed by atoms with E-state index in [0.717, 1.165) is 12.3 Å². The van der Waals surface area contributed by atoms with E-state index in [1.807, 2.05) is 13.8 Å². The average molecular weight is 298 g/mol. The number of alkyl halides is 3. The number of ether oxygens (including phenoxy) is 1. The molecule has 110 valence electrons. The topological polar surface area (TPSA) is 43.4 Å². The number of aryl methyl sites for hydroxylation is 1. The van der Waals surface area contributed by atoms with Gasteiger partial charge in [0, 0.05) is 6.26 Å². The maximum Gasteiger partial charge on any atom is 0.573 e. The van der Waals surface area contributed by atoms with Crippen LogP contribution in [0.4, 0.5) is 13.2 Å². The smallest absolute Gasteiger partial charge is 0.406 e. The summed E-state index contributed by atoms with van der Waals surface area (Å²) >= 11 is 0. The van der Waals surface area contributed by atoms with E-state index < -0.39 is 21.9 Å². The molecule has 0 fully saturated rings. The van der Waals surface area contributed by atoms with Gasteiger partial charge in [0.1, 0.15) is 5.75 Å². The van der Waals surface area contributed by atoms with Gasteiger partial charge in [-0.2, -0.15) is 0 Å². The van der Waals surface area contributed by atoms with Crippen molar-refractivity contribution in [3.05, 3.63) is 23.8 Å². The summed E-state index contributed by atoms with van der Waals surface area (Å²) < 4.78 is 62.4. The van der Waals surface area contributed by atoms with Crippen molar-refractivity contribution in [1.82, 2.24) is 0 Å². The fourth-order valence-electron chi connectivity index (χ4n) is 1.24. The first kappa shape index (κ1) is 17.8. The van der Waals surface area contributed by atoms with E-state index in [-0.39, 0.29) is 4.90 Å². The summed E-state index contributed by atoms with van der Waals surface area (Å²) in [6.07, 6.45) is -3.49. The SMILES string of the molecule is CC.CCc1cc(OC(F)(F)F)cc(S(C)(=O)=O)c1. The van der Waals surface area contributed by atoms with E-state index >= 15 is 0 Å². The molecule has 1 rings (SSSR count). The summed E-state index contributed by atoms with van der Waals surface area (Å²) in [6, 6.07) is 3.36. The summed E-state index contributed by atoms with van der Waals surface area (Å²) in [5.74, 6) is -0.516. The third-order valence-electron chi connectivity index (χ3n) is 2.01. The largest absolute Gasteiger partial charge is 0.573 e. The zero-order chi connectivity index (χ0) is 15.3. The molecular formula is C12H17F3O3S. The minimum Gasteiger partial charge on any atom is -0.406 e. The molecule has 7 heteroatoms. The van der Waals surface area contributed by atoms with Crippen molar-refractivity contribution in [2.75, 3.05) is 6.26 Å². The molecule has 0 amide bonds. The van der Waals surface area contributed by atoms with Gasteiger partial charge in [-0.25, -0.2) is 8.42 Å². The first-order valence-corrected chi connectivity index (χ1v) is 7.61. The van der Waals surface area contributed by atoms with Gasteiger partial charge in [0.05, 0.1) is 4.90 Å². The Labute approximate surface area is 111 Å². The second-order valence-corrected chi connectivity index (χ2v) is 5.50. The number of benzene rings is 1. The molecular weight excluding hydrogens is 281 g/mol. The zero-order valence-corrected chi connectivity index (χ0v) is 12.0. The van der Waals surface area contributed by atoms with Crippen LogP contribution in [0.15, 0.2) is 23.1 Å². The highest BCUT2D eigenvalue weighted by Gasteiger charge is 2.31. The number of rotatable bonds is 3. The Morgan fingerprint density at radius 2 is 1.68 bits per heavy atom. The van der Waals surface area contributed by atoms with Gasteiger partial charge in [0.2, 0.25) is 0 Å². The molecule has 0 saturated heterocycles. The third-order valence-corrected chi connectivity index (χ3v) is 3.10. The van der Waals surface area contributed by atoms with Gasteiger partial charge in [-0.1, -0.05) is 20.8 Å². The maximum absolute atomic E-state index is 12.0. The minimum absolute atomic E-state index is 0.184. The fraction of sp³-hybridized carbons (Fsp3) is 0.500. The average Bonchev–Trinajstić information content (AvgIpc) is 2.27. The molecule has 0 aliphatic heterocycles. The van der Waals surface area contributed by atoms with Crippen molar-refractivity contribution in [3.8, 4) is 5.75 Å². The van der Waals surface area contributed by atoms with Crippen LogP contribution in [0.3, 0.4) is 0 Å². The molecule has 0 aliphatic rings. The highest BCUT2D eigenvalue weighted by molar-refractivity contribution is 7.90. The van der Waals surface area contributed by atoms with E-state index in [9.17, 15) is 21.6 Å². The van der Waals surface area contributed by atoms with Crippen molar-refractivity contribution >= 4 is 9.84 Å². The van der Waals surface area contributed by atoms with Gasteiger partial charge in [0.25, 0.3) is 0 Å². The second kappa shape index (κ2) is 6.79. The summed E-state index contributed by atoms with van der Waals surface area (Å²) in [7, 11) is -3.56. The van der Waals surface area contributed by atoms with E-state index in [4.69, 9.17) is 0 Å². The molecule has 0 saturated carbocycles. The summed E-state index contributed by atoms with van der Waals surface area (Å²) in [6.45, 7) is 5.71. The van der Waals surface area contributed by atoms with Crippen molar-refractivity contribution in [2.45, 2.75) is 38.4 Å². The van der Waals surface area contributed by atoms with Crippen LogP contribution in [-0.2, 0) is 16.3 Å². The highest BCUT2D eigenvalue weighted by Crippen LogP contribution is 2.27. The predicted molar refractivity (Wildman–Crippen MR) is 67.0 cm³/mol. The van der Waals surface area contributed by atoms with Crippen molar-refractivity contribution < 1.29 is 26.3 Å². The van der Waals surface area contributed by atoms with E-state index in [1.165, 1.54) is 12.1 Å². The molecule has 0 N–H and O–H groups in total. The first-order chi connectivity index (χ1) is 8.62. The number of hydrogen-bond donors (Lipinski definition) is 0. The van der Waals surface area contributed by atoms with Crippen molar-refractivity contribution in [2.24, 2.45) is 0 Å². The molecule has 0 aromatic heterocycles. The standard InChI is InChI=1S/C10H11F3O3S.C2H6/c1-3-7-4-8(16-10(11,12)13)6-9(5-7)17(2,14)15;1-2/h4-6H,3H2,1-2H3;1-2H3. The third kappa shape index (κ3) is 6.47. The molecule has 1 aromatic rings. The lowest BCUT2D eigenvalue weighted by Gasteiger charge is -2.11. The van der Waals surface area contributed by atoms with Gasteiger partial charge < -0.3 is 4.74 Å². The van der Waals surface area contributed by atoms with Crippen LogP contribution in [0.25, 0.3) is 0 Å². The predicted octanol–water partition coefficient (Wildman–Crippen LogP) is 3.58. The Morgan fingerprint density at radius 1 is 1.16 bits per heavy atom. The van der Waals surface area contributed by atoms with Crippen LogP contribution < -0.4 is 4.74 Å². The molecule has 0 radical (unpaired) electrons.